The second-order valence-corrected chi connectivity index (χ2v) is 8.17. The lowest BCUT2D eigenvalue weighted by atomic mass is 10.1. The Hall–Kier alpha value is -3.58. The highest BCUT2D eigenvalue weighted by atomic mass is 35.5. The van der Waals surface area contributed by atoms with E-state index in [0.717, 1.165) is 28.6 Å². The van der Waals surface area contributed by atoms with Gasteiger partial charge in [-0.05, 0) is 35.4 Å². The average molecular weight is 468 g/mol. The molecule has 3 aromatic carbocycles. The van der Waals surface area contributed by atoms with Gasteiger partial charge in [-0.15, -0.1) is 0 Å². The molecule has 2 heterocycles. The number of para-hydroxylation sites is 1. The number of fused-ring (bicyclic) bond motifs is 3. The molecule has 0 radical (unpaired) electrons. The van der Waals surface area contributed by atoms with E-state index < -0.39 is 11.7 Å². The zero-order valence-electron chi connectivity index (χ0n) is 17.2. The average Bonchev–Trinajstić information content (AvgIpc) is 3.11. The summed E-state index contributed by atoms with van der Waals surface area (Å²) in [6.07, 6.45) is -2.96. The minimum Gasteiger partial charge on any atom is -0.330 e. The van der Waals surface area contributed by atoms with E-state index in [4.69, 9.17) is 11.6 Å². The molecule has 0 bridgehead atoms. The predicted molar refractivity (Wildman–Crippen MR) is 123 cm³/mol. The first-order valence-corrected chi connectivity index (χ1v) is 10.6. The van der Waals surface area contributed by atoms with Crippen LogP contribution in [0.2, 0.25) is 5.02 Å². The Balaban J connectivity index is 1.69. The van der Waals surface area contributed by atoms with Crippen molar-refractivity contribution in [1.82, 2.24) is 14.1 Å². The van der Waals surface area contributed by atoms with Gasteiger partial charge in [-0.1, -0.05) is 60.1 Å². The molecule has 0 aliphatic carbocycles. The van der Waals surface area contributed by atoms with Gasteiger partial charge in [0.2, 0.25) is 0 Å². The van der Waals surface area contributed by atoms with Crippen LogP contribution in [0.15, 0.2) is 83.9 Å². The molecule has 0 aliphatic rings. The number of halogens is 4. The second kappa shape index (κ2) is 8.08. The van der Waals surface area contributed by atoms with Crippen LogP contribution in [0, 0.1) is 0 Å². The van der Waals surface area contributed by atoms with E-state index >= 15 is 0 Å². The van der Waals surface area contributed by atoms with E-state index in [1.54, 1.807) is 16.7 Å². The zero-order valence-corrected chi connectivity index (χ0v) is 17.9. The standard InChI is InChI=1S/C25H17ClF3N3O/c26-20-10-3-1-7-17(20)14-31-15-30-22-19-9-2-4-11-21(19)32(23(22)24(31)33)13-16-6-5-8-18(12-16)25(27,28)29/h1-12,15H,13-14H2. The SMILES string of the molecule is O=c1c2c(ncn1Cc1ccccc1Cl)c1ccccc1n2Cc1cccc(C(F)(F)F)c1. The first kappa shape index (κ1) is 21.3. The van der Waals surface area contributed by atoms with Crippen LogP contribution in [0.4, 0.5) is 13.2 Å². The maximum Gasteiger partial charge on any atom is 0.416 e. The highest BCUT2D eigenvalue weighted by Crippen LogP contribution is 2.31. The van der Waals surface area contributed by atoms with Crippen molar-refractivity contribution >= 4 is 33.5 Å². The minimum atomic E-state index is -4.44. The van der Waals surface area contributed by atoms with Crippen molar-refractivity contribution in [3.8, 4) is 0 Å². The third kappa shape index (κ3) is 3.89. The molecule has 4 nitrogen and oxygen atoms in total. The van der Waals surface area contributed by atoms with Crippen molar-refractivity contribution in [3.05, 3.63) is 111 Å². The normalized spacial score (nSPS) is 12.0. The number of benzene rings is 3. The summed E-state index contributed by atoms with van der Waals surface area (Å²) in [6, 6.07) is 19.7. The van der Waals surface area contributed by atoms with Crippen molar-refractivity contribution in [3.63, 3.8) is 0 Å². The Labute approximate surface area is 191 Å². The van der Waals surface area contributed by atoms with E-state index in [-0.39, 0.29) is 18.6 Å². The molecule has 0 fully saturated rings. The quantitative estimate of drug-likeness (QED) is 0.319. The van der Waals surface area contributed by atoms with Crippen LogP contribution in [0.25, 0.3) is 21.9 Å². The van der Waals surface area contributed by atoms with Crippen molar-refractivity contribution in [1.29, 1.82) is 0 Å². The number of aromatic nitrogens is 3. The first-order chi connectivity index (χ1) is 15.8. The summed E-state index contributed by atoms with van der Waals surface area (Å²) in [4.78, 5) is 18.1. The Kier molecular flexibility index (Phi) is 5.21. The Morgan fingerprint density at radius 1 is 0.909 bits per heavy atom. The predicted octanol–water partition coefficient (Wildman–Crippen LogP) is 6.12. The molecular weight excluding hydrogens is 451 g/mol. The topological polar surface area (TPSA) is 39.8 Å². The molecule has 0 saturated carbocycles. The van der Waals surface area contributed by atoms with Crippen molar-refractivity contribution in [2.75, 3.05) is 0 Å². The molecule has 33 heavy (non-hydrogen) atoms. The maximum absolute atomic E-state index is 13.5. The van der Waals surface area contributed by atoms with Gasteiger partial charge in [0.25, 0.3) is 5.56 Å². The van der Waals surface area contributed by atoms with Gasteiger partial charge in [0, 0.05) is 17.0 Å². The van der Waals surface area contributed by atoms with Gasteiger partial charge in [-0.25, -0.2) is 4.98 Å². The molecule has 0 unspecified atom stereocenters. The summed E-state index contributed by atoms with van der Waals surface area (Å²) in [5.41, 5.74) is 1.76. The van der Waals surface area contributed by atoms with E-state index in [2.05, 4.69) is 4.98 Å². The van der Waals surface area contributed by atoms with Crippen LogP contribution in [0.3, 0.4) is 0 Å². The van der Waals surface area contributed by atoms with Gasteiger partial charge >= 0.3 is 6.18 Å². The Morgan fingerprint density at radius 3 is 2.45 bits per heavy atom. The van der Waals surface area contributed by atoms with Crippen LogP contribution >= 0.6 is 11.6 Å². The first-order valence-electron chi connectivity index (χ1n) is 10.2. The monoisotopic (exact) mass is 467 g/mol. The maximum atomic E-state index is 13.5. The van der Waals surface area contributed by atoms with Gasteiger partial charge in [0.15, 0.2) is 0 Å². The Morgan fingerprint density at radius 2 is 1.67 bits per heavy atom. The van der Waals surface area contributed by atoms with Crippen molar-refractivity contribution in [2.45, 2.75) is 19.3 Å². The third-order valence-corrected chi connectivity index (χ3v) is 6.00. The summed E-state index contributed by atoms with van der Waals surface area (Å²) < 4.78 is 42.9. The van der Waals surface area contributed by atoms with E-state index in [9.17, 15) is 18.0 Å². The lowest BCUT2D eigenvalue weighted by Gasteiger charge is -2.12. The van der Waals surface area contributed by atoms with Gasteiger partial charge in [0.1, 0.15) is 11.0 Å². The summed E-state index contributed by atoms with van der Waals surface area (Å²) in [6.45, 7) is 0.327. The lowest BCUT2D eigenvalue weighted by Crippen LogP contribution is -2.23. The van der Waals surface area contributed by atoms with Gasteiger partial charge in [0.05, 0.1) is 24.0 Å². The number of alkyl halides is 3. The number of hydrogen-bond donors (Lipinski definition) is 0. The van der Waals surface area contributed by atoms with Crippen LogP contribution in [-0.4, -0.2) is 14.1 Å². The number of rotatable bonds is 4. The lowest BCUT2D eigenvalue weighted by molar-refractivity contribution is -0.137. The number of hydrogen-bond acceptors (Lipinski definition) is 2. The van der Waals surface area contributed by atoms with Gasteiger partial charge < -0.3 is 4.57 Å². The summed E-state index contributed by atoms with van der Waals surface area (Å²) in [5.74, 6) is 0. The third-order valence-electron chi connectivity index (χ3n) is 5.63. The van der Waals surface area contributed by atoms with Crippen LogP contribution in [0.1, 0.15) is 16.7 Å². The molecule has 8 heteroatoms. The molecular formula is C25H17ClF3N3O. The summed E-state index contributed by atoms with van der Waals surface area (Å²) in [7, 11) is 0. The summed E-state index contributed by atoms with van der Waals surface area (Å²) >= 11 is 6.27. The van der Waals surface area contributed by atoms with E-state index in [1.165, 1.54) is 17.0 Å². The minimum absolute atomic E-state index is 0.0982. The molecule has 0 atom stereocenters. The Bertz CT molecular complexity index is 1550. The van der Waals surface area contributed by atoms with E-state index in [0.29, 0.717) is 21.6 Å². The largest absolute Gasteiger partial charge is 0.416 e. The number of nitrogens with zero attached hydrogens (tertiary/aromatic N) is 3. The second-order valence-electron chi connectivity index (χ2n) is 7.77. The smallest absolute Gasteiger partial charge is 0.330 e. The van der Waals surface area contributed by atoms with Gasteiger partial charge in [-0.3, -0.25) is 9.36 Å². The molecule has 5 rings (SSSR count). The molecule has 166 valence electrons. The van der Waals surface area contributed by atoms with E-state index in [1.807, 2.05) is 42.5 Å². The highest BCUT2D eigenvalue weighted by molar-refractivity contribution is 6.31. The molecule has 2 aromatic heterocycles. The zero-order chi connectivity index (χ0) is 23.2. The van der Waals surface area contributed by atoms with Gasteiger partial charge in [-0.2, -0.15) is 13.2 Å². The van der Waals surface area contributed by atoms with Crippen LogP contribution in [-0.2, 0) is 19.3 Å². The fourth-order valence-electron chi connectivity index (χ4n) is 4.06. The molecule has 0 N–H and O–H groups in total. The van der Waals surface area contributed by atoms with Crippen molar-refractivity contribution < 1.29 is 13.2 Å². The molecule has 0 spiro atoms. The molecule has 0 amide bonds. The van der Waals surface area contributed by atoms with Crippen molar-refractivity contribution in [2.24, 2.45) is 0 Å². The molecule has 5 aromatic rings. The molecule has 0 aliphatic heterocycles. The summed E-state index contributed by atoms with van der Waals surface area (Å²) in [5, 5.41) is 1.30. The fourth-order valence-corrected chi connectivity index (χ4v) is 4.26. The van der Waals surface area contributed by atoms with Crippen LogP contribution in [0.5, 0.6) is 0 Å². The fraction of sp³-hybridized carbons (Fsp3) is 0.120. The highest BCUT2D eigenvalue weighted by Gasteiger charge is 2.30. The molecule has 0 saturated heterocycles. The van der Waals surface area contributed by atoms with Crippen LogP contribution < -0.4 is 5.56 Å².